The van der Waals surface area contributed by atoms with Gasteiger partial charge in [-0.1, -0.05) is 12.1 Å². The Morgan fingerprint density at radius 1 is 1.11 bits per heavy atom. The zero-order valence-electron chi connectivity index (χ0n) is 15.5. The molecule has 0 aromatic heterocycles. The third-order valence-electron chi connectivity index (χ3n) is 5.03. The van der Waals surface area contributed by atoms with Crippen molar-refractivity contribution in [3.8, 4) is 11.5 Å². The number of hydrogen-bond donors (Lipinski definition) is 2. The van der Waals surface area contributed by atoms with Gasteiger partial charge < -0.3 is 25.4 Å². The van der Waals surface area contributed by atoms with Gasteiger partial charge in [-0.25, -0.2) is 0 Å². The van der Waals surface area contributed by atoms with Gasteiger partial charge in [0, 0.05) is 37.0 Å². The highest BCUT2D eigenvalue weighted by molar-refractivity contribution is 6.00. The molecule has 2 aromatic rings. The number of anilines is 2. The van der Waals surface area contributed by atoms with E-state index < -0.39 is 0 Å². The second-order valence-corrected chi connectivity index (χ2v) is 7.02. The van der Waals surface area contributed by atoms with Gasteiger partial charge in [0.25, 0.3) is 0 Å². The maximum absolute atomic E-state index is 12.5. The smallest absolute Gasteiger partial charge is 0.227 e. The molecule has 0 bridgehead atoms. The molecule has 4 rings (SSSR count). The Morgan fingerprint density at radius 3 is 2.64 bits per heavy atom. The number of carbonyl (C=O) groups is 2. The quantitative estimate of drug-likeness (QED) is 0.770. The summed E-state index contributed by atoms with van der Waals surface area (Å²) >= 11 is 0. The first-order valence-electron chi connectivity index (χ1n) is 9.42. The van der Waals surface area contributed by atoms with E-state index in [1.54, 1.807) is 17.0 Å². The minimum absolute atomic E-state index is 0.0598. The second kappa shape index (κ2) is 7.80. The molecule has 2 aromatic carbocycles. The maximum Gasteiger partial charge on any atom is 0.227 e. The lowest BCUT2D eigenvalue weighted by molar-refractivity contribution is -0.126. The first-order chi connectivity index (χ1) is 13.6. The van der Waals surface area contributed by atoms with E-state index in [0.29, 0.717) is 37.8 Å². The Labute approximate surface area is 163 Å². The summed E-state index contributed by atoms with van der Waals surface area (Å²) < 4.78 is 11.1. The van der Waals surface area contributed by atoms with Gasteiger partial charge in [0.1, 0.15) is 13.2 Å². The molecule has 2 aliphatic heterocycles. The van der Waals surface area contributed by atoms with Gasteiger partial charge in [0.15, 0.2) is 11.5 Å². The highest BCUT2D eigenvalue weighted by Gasteiger charge is 2.35. The van der Waals surface area contributed by atoms with Gasteiger partial charge in [-0.05, 0) is 36.2 Å². The summed E-state index contributed by atoms with van der Waals surface area (Å²) in [6.45, 7) is 1.90. The monoisotopic (exact) mass is 381 g/mol. The predicted octanol–water partition coefficient (Wildman–Crippen LogP) is 1.75. The van der Waals surface area contributed by atoms with E-state index in [4.69, 9.17) is 15.2 Å². The Bertz CT molecular complexity index is 882. The maximum atomic E-state index is 12.5. The van der Waals surface area contributed by atoms with E-state index in [2.05, 4.69) is 5.32 Å². The molecule has 146 valence electrons. The highest BCUT2D eigenvalue weighted by Crippen LogP contribution is 2.35. The molecule has 28 heavy (non-hydrogen) atoms. The molecule has 2 amide bonds. The van der Waals surface area contributed by atoms with Crippen LogP contribution in [0.25, 0.3) is 0 Å². The van der Waals surface area contributed by atoms with E-state index in [0.717, 1.165) is 23.4 Å². The van der Waals surface area contributed by atoms with Crippen molar-refractivity contribution in [1.82, 2.24) is 5.32 Å². The molecule has 0 radical (unpaired) electrons. The highest BCUT2D eigenvalue weighted by atomic mass is 16.6. The largest absolute Gasteiger partial charge is 0.486 e. The van der Waals surface area contributed by atoms with Crippen molar-refractivity contribution in [3.05, 3.63) is 48.0 Å². The molecule has 2 heterocycles. The van der Waals surface area contributed by atoms with Crippen molar-refractivity contribution in [2.75, 3.05) is 36.9 Å². The van der Waals surface area contributed by atoms with Gasteiger partial charge in [-0.3, -0.25) is 9.59 Å². The average molecular weight is 381 g/mol. The number of nitrogen functional groups attached to an aromatic ring is 1. The van der Waals surface area contributed by atoms with Gasteiger partial charge in [0.05, 0.1) is 5.92 Å². The van der Waals surface area contributed by atoms with Crippen molar-refractivity contribution in [2.45, 2.75) is 12.8 Å². The lowest BCUT2D eigenvalue weighted by atomic mass is 10.1. The molecule has 1 fully saturated rings. The first kappa shape index (κ1) is 18.2. The Morgan fingerprint density at radius 2 is 1.86 bits per heavy atom. The number of fused-ring (bicyclic) bond motifs is 1. The van der Waals surface area contributed by atoms with Crippen molar-refractivity contribution >= 4 is 23.2 Å². The van der Waals surface area contributed by atoms with Gasteiger partial charge in [-0.2, -0.15) is 0 Å². The summed E-state index contributed by atoms with van der Waals surface area (Å²) in [5, 5.41) is 2.94. The summed E-state index contributed by atoms with van der Waals surface area (Å²) in [6.07, 6.45) is 0.931. The zero-order valence-corrected chi connectivity index (χ0v) is 15.5. The molecule has 0 spiro atoms. The number of amides is 2. The lowest BCUT2D eigenvalue weighted by Gasteiger charge is -2.22. The van der Waals surface area contributed by atoms with Crippen LogP contribution in [0, 0.1) is 5.92 Å². The summed E-state index contributed by atoms with van der Waals surface area (Å²) in [7, 11) is 0. The normalized spacial score (nSPS) is 18.2. The number of rotatable bonds is 5. The molecule has 0 saturated carbocycles. The predicted molar refractivity (Wildman–Crippen MR) is 105 cm³/mol. The Hall–Kier alpha value is -3.22. The SMILES string of the molecule is Nc1ccc(CCNC(=O)C2CC(=O)N(c3ccc4c(c3)OCCO4)C2)cc1. The van der Waals surface area contributed by atoms with E-state index in [1.165, 1.54) is 0 Å². The van der Waals surface area contributed by atoms with Crippen LogP contribution in [0.1, 0.15) is 12.0 Å². The third-order valence-corrected chi connectivity index (χ3v) is 5.03. The number of ether oxygens (including phenoxy) is 2. The van der Waals surface area contributed by atoms with Crippen LogP contribution in [-0.2, 0) is 16.0 Å². The van der Waals surface area contributed by atoms with Crippen LogP contribution < -0.4 is 25.4 Å². The standard InChI is InChI=1S/C21H23N3O4/c22-16-3-1-14(2-4-16)7-8-23-21(26)15-11-20(25)24(13-15)17-5-6-18-19(12-17)28-10-9-27-18/h1-6,12,15H,7-11,13,22H2,(H,23,26). The summed E-state index contributed by atoms with van der Waals surface area (Å²) in [5.74, 6) is 0.804. The lowest BCUT2D eigenvalue weighted by Crippen LogP contribution is -2.34. The summed E-state index contributed by atoms with van der Waals surface area (Å²) in [6, 6.07) is 13.0. The van der Waals surface area contributed by atoms with Crippen molar-refractivity contribution in [2.24, 2.45) is 5.92 Å². The van der Waals surface area contributed by atoms with E-state index in [1.807, 2.05) is 30.3 Å². The van der Waals surface area contributed by atoms with Gasteiger partial charge >= 0.3 is 0 Å². The van der Waals surface area contributed by atoms with Crippen molar-refractivity contribution in [1.29, 1.82) is 0 Å². The number of nitrogens with zero attached hydrogens (tertiary/aromatic N) is 1. The number of nitrogens with two attached hydrogens (primary N) is 1. The first-order valence-corrected chi connectivity index (χ1v) is 9.42. The summed E-state index contributed by atoms with van der Waals surface area (Å²) in [5.41, 5.74) is 8.23. The minimum Gasteiger partial charge on any atom is -0.486 e. The third kappa shape index (κ3) is 3.88. The minimum atomic E-state index is -0.355. The second-order valence-electron chi connectivity index (χ2n) is 7.02. The fourth-order valence-corrected chi connectivity index (χ4v) is 3.49. The fourth-order valence-electron chi connectivity index (χ4n) is 3.49. The molecule has 2 aliphatic rings. The van der Waals surface area contributed by atoms with Crippen LogP contribution in [-0.4, -0.2) is 38.1 Å². The van der Waals surface area contributed by atoms with E-state index >= 15 is 0 Å². The average Bonchev–Trinajstić information content (AvgIpc) is 3.11. The van der Waals surface area contributed by atoms with E-state index in [-0.39, 0.29) is 24.2 Å². The number of nitrogens with one attached hydrogen (secondary N) is 1. The van der Waals surface area contributed by atoms with Gasteiger partial charge in [-0.15, -0.1) is 0 Å². The van der Waals surface area contributed by atoms with Crippen LogP contribution >= 0.6 is 0 Å². The number of benzene rings is 2. The molecule has 1 saturated heterocycles. The molecule has 3 N–H and O–H groups in total. The van der Waals surface area contributed by atoms with Crippen molar-refractivity contribution < 1.29 is 19.1 Å². The number of hydrogen-bond acceptors (Lipinski definition) is 5. The Balaban J connectivity index is 1.33. The topological polar surface area (TPSA) is 93.9 Å². The Kier molecular flexibility index (Phi) is 5.06. The van der Waals surface area contributed by atoms with E-state index in [9.17, 15) is 9.59 Å². The van der Waals surface area contributed by atoms with Crippen molar-refractivity contribution in [3.63, 3.8) is 0 Å². The molecule has 1 unspecified atom stereocenters. The fraction of sp³-hybridized carbons (Fsp3) is 0.333. The van der Waals surface area contributed by atoms with Crippen LogP contribution in [0.2, 0.25) is 0 Å². The van der Waals surface area contributed by atoms with Gasteiger partial charge in [0.2, 0.25) is 11.8 Å². The zero-order chi connectivity index (χ0) is 19.5. The van der Waals surface area contributed by atoms with Crippen LogP contribution in [0.15, 0.2) is 42.5 Å². The molecule has 7 heteroatoms. The number of carbonyl (C=O) groups excluding carboxylic acids is 2. The van der Waals surface area contributed by atoms with Crippen LogP contribution in [0.4, 0.5) is 11.4 Å². The summed E-state index contributed by atoms with van der Waals surface area (Å²) in [4.78, 5) is 26.6. The van der Waals surface area contributed by atoms with Crippen LogP contribution in [0.5, 0.6) is 11.5 Å². The molecule has 1 atom stereocenters. The molecule has 0 aliphatic carbocycles. The van der Waals surface area contributed by atoms with Crippen LogP contribution in [0.3, 0.4) is 0 Å². The molecular formula is C21H23N3O4. The molecule has 7 nitrogen and oxygen atoms in total. The molecular weight excluding hydrogens is 358 g/mol.